The quantitative estimate of drug-likeness (QED) is 0.536. The zero-order valence-electron chi connectivity index (χ0n) is 17.4. The highest BCUT2D eigenvalue weighted by molar-refractivity contribution is 6.30. The Morgan fingerprint density at radius 2 is 2.03 bits per heavy atom. The van der Waals surface area contributed by atoms with Crippen molar-refractivity contribution in [3.05, 3.63) is 58.6 Å². The number of ether oxygens (including phenoxy) is 1. The Balaban J connectivity index is 1.60. The summed E-state index contributed by atoms with van der Waals surface area (Å²) < 4.78 is 5.41. The molecular formula is C23H28ClN3O2. The zero-order chi connectivity index (χ0) is 21.0. The molecule has 29 heavy (non-hydrogen) atoms. The minimum Gasteiger partial charge on any atom is -0.484 e. The second-order valence-corrected chi connectivity index (χ2v) is 8.45. The number of amides is 1. The predicted molar refractivity (Wildman–Crippen MR) is 119 cm³/mol. The van der Waals surface area contributed by atoms with Gasteiger partial charge in [0.05, 0.1) is 6.21 Å². The number of carbonyl (C=O) groups excluding carboxylic acids is 1. The van der Waals surface area contributed by atoms with Gasteiger partial charge in [0, 0.05) is 22.8 Å². The Morgan fingerprint density at radius 1 is 1.31 bits per heavy atom. The van der Waals surface area contributed by atoms with Crippen molar-refractivity contribution in [2.45, 2.75) is 45.6 Å². The van der Waals surface area contributed by atoms with E-state index in [4.69, 9.17) is 16.3 Å². The van der Waals surface area contributed by atoms with Crippen LogP contribution in [0.4, 0.5) is 5.69 Å². The molecule has 0 saturated carbocycles. The van der Waals surface area contributed by atoms with E-state index in [1.165, 1.54) is 11.3 Å². The highest BCUT2D eigenvalue weighted by Gasteiger charge is 2.35. The number of fused-ring (bicyclic) bond motifs is 1. The van der Waals surface area contributed by atoms with E-state index < -0.39 is 0 Å². The molecule has 1 atom stereocenters. The third-order valence-corrected chi connectivity index (χ3v) is 5.56. The van der Waals surface area contributed by atoms with E-state index in [1.54, 1.807) is 30.5 Å². The topological polar surface area (TPSA) is 53.9 Å². The van der Waals surface area contributed by atoms with Gasteiger partial charge in [0.15, 0.2) is 6.61 Å². The molecule has 2 aromatic rings. The second kappa shape index (κ2) is 8.87. The van der Waals surface area contributed by atoms with Gasteiger partial charge in [-0.05, 0) is 80.6 Å². The molecule has 5 nitrogen and oxygen atoms in total. The molecule has 1 heterocycles. The van der Waals surface area contributed by atoms with Gasteiger partial charge >= 0.3 is 0 Å². The molecule has 0 aromatic heterocycles. The minimum absolute atomic E-state index is 0.110. The third kappa shape index (κ3) is 5.10. The second-order valence-electron chi connectivity index (χ2n) is 8.02. The van der Waals surface area contributed by atoms with Crippen LogP contribution in [0.5, 0.6) is 5.75 Å². The Kier molecular flexibility index (Phi) is 6.48. The maximum Gasteiger partial charge on any atom is 0.277 e. The average Bonchev–Trinajstić information content (AvgIpc) is 2.67. The molecule has 0 fully saturated rings. The Morgan fingerprint density at radius 3 is 2.72 bits per heavy atom. The molecule has 3 rings (SSSR count). The first kappa shape index (κ1) is 21.2. The molecule has 1 amide bonds. The largest absolute Gasteiger partial charge is 0.484 e. The highest BCUT2D eigenvalue weighted by atomic mass is 35.5. The van der Waals surface area contributed by atoms with Crippen LogP contribution < -0.4 is 15.1 Å². The smallest absolute Gasteiger partial charge is 0.277 e. The monoisotopic (exact) mass is 413 g/mol. The normalized spacial score (nSPS) is 17.8. The molecule has 154 valence electrons. The van der Waals surface area contributed by atoms with Crippen molar-refractivity contribution in [1.82, 2.24) is 5.43 Å². The maximum atomic E-state index is 11.9. The van der Waals surface area contributed by atoms with Gasteiger partial charge in [-0.1, -0.05) is 24.6 Å². The van der Waals surface area contributed by atoms with Gasteiger partial charge in [-0.2, -0.15) is 5.10 Å². The fourth-order valence-electron chi connectivity index (χ4n) is 4.08. The Hall–Kier alpha value is -2.53. The molecule has 1 unspecified atom stereocenters. The maximum absolute atomic E-state index is 11.9. The van der Waals surface area contributed by atoms with Crippen molar-refractivity contribution in [3.8, 4) is 5.75 Å². The van der Waals surface area contributed by atoms with Crippen molar-refractivity contribution < 1.29 is 9.53 Å². The number of nitrogens with one attached hydrogen (secondary N) is 1. The summed E-state index contributed by atoms with van der Waals surface area (Å²) in [5, 5.41) is 4.69. The number of benzene rings is 2. The number of hydrogen-bond donors (Lipinski definition) is 1. The van der Waals surface area contributed by atoms with Crippen LogP contribution in [0.2, 0.25) is 5.02 Å². The minimum atomic E-state index is -0.318. The molecular weight excluding hydrogens is 386 g/mol. The van der Waals surface area contributed by atoms with E-state index >= 15 is 0 Å². The van der Waals surface area contributed by atoms with Crippen LogP contribution in [0, 0.1) is 0 Å². The van der Waals surface area contributed by atoms with E-state index in [9.17, 15) is 4.79 Å². The summed E-state index contributed by atoms with van der Waals surface area (Å²) in [7, 11) is 0. The van der Waals surface area contributed by atoms with Crippen LogP contribution in [-0.4, -0.2) is 30.8 Å². The lowest BCUT2D eigenvalue weighted by molar-refractivity contribution is -0.123. The molecule has 0 aliphatic carbocycles. The van der Waals surface area contributed by atoms with Crippen LogP contribution in [0.3, 0.4) is 0 Å². The number of rotatable bonds is 6. The molecule has 6 heteroatoms. The first-order valence-electron chi connectivity index (χ1n) is 9.92. The molecule has 0 spiro atoms. The summed E-state index contributed by atoms with van der Waals surface area (Å²) >= 11 is 5.83. The molecule has 0 saturated heterocycles. The number of hydrogen-bond acceptors (Lipinski definition) is 4. The summed E-state index contributed by atoms with van der Waals surface area (Å²) in [6.07, 6.45) is 2.77. The summed E-state index contributed by atoms with van der Waals surface area (Å²) in [5.41, 5.74) is 6.23. The highest BCUT2D eigenvalue weighted by Crippen LogP contribution is 2.43. The summed E-state index contributed by atoms with van der Waals surface area (Å²) in [6.45, 7) is 9.92. The van der Waals surface area contributed by atoms with Crippen molar-refractivity contribution in [2.75, 3.05) is 18.1 Å². The number of halogens is 1. The summed E-state index contributed by atoms with van der Waals surface area (Å²) in [5.74, 6) is 0.737. The number of nitrogens with zero attached hydrogens (tertiary/aromatic N) is 2. The zero-order valence-corrected chi connectivity index (χ0v) is 18.2. The van der Waals surface area contributed by atoms with Crippen LogP contribution in [0.15, 0.2) is 47.6 Å². The van der Waals surface area contributed by atoms with E-state index in [0.29, 0.717) is 16.7 Å². The van der Waals surface area contributed by atoms with Crippen LogP contribution in [0.25, 0.3) is 0 Å². The van der Waals surface area contributed by atoms with Gasteiger partial charge < -0.3 is 9.64 Å². The predicted octanol–water partition coefficient (Wildman–Crippen LogP) is 4.98. The van der Waals surface area contributed by atoms with Crippen molar-refractivity contribution in [1.29, 1.82) is 0 Å². The van der Waals surface area contributed by atoms with E-state index in [2.05, 4.69) is 55.3 Å². The third-order valence-electron chi connectivity index (χ3n) is 5.31. The molecule has 0 bridgehead atoms. The molecule has 1 aliphatic rings. The number of hydrazone groups is 1. The van der Waals surface area contributed by atoms with Gasteiger partial charge in [-0.3, -0.25) is 4.79 Å². The van der Waals surface area contributed by atoms with Gasteiger partial charge in [0.2, 0.25) is 0 Å². The summed E-state index contributed by atoms with van der Waals surface area (Å²) in [4.78, 5) is 14.4. The Labute approximate surface area is 177 Å². The van der Waals surface area contributed by atoms with E-state index in [1.807, 2.05) is 6.07 Å². The first-order valence-corrected chi connectivity index (χ1v) is 10.3. The molecule has 2 aromatic carbocycles. The fourth-order valence-corrected chi connectivity index (χ4v) is 4.20. The fraction of sp³-hybridized carbons (Fsp3) is 0.391. The van der Waals surface area contributed by atoms with Gasteiger partial charge in [0.1, 0.15) is 5.75 Å². The Bertz CT molecular complexity index is 893. The van der Waals surface area contributed by atoms with Crippen molar-refractivity contribution in [3.63, 3.8) is 0 Å². The van der Waals surface area contributed by atoms with Crippen molar-refractivity contribution in [2.24, 2.45) is 5.10 Å². The van der Waals surface area contributed by atoms with Crippen LogP contribution >= 0.6 is 11.6 Å². The van der Waals surface area contributed by atoms with Crippen LogP contribution in [-0.2, 0) is 4.79 Å². The lowest BCUT2D eigenvalue weighted by Crippen LogP contribution is -2.48. The lowest BCUT2D eigenvalue weighted by Gasteiger charge is -2.47. The van der Waals surface area contributed by atoms with Gasteiger partial charge in [-0.15, -0.1) is 0 Å². The molecule has 0 radical (unpaired) electrons. The van der Waals surface area contributed by atoms with Crippen molar-refractivity contribution >= 4 is 29.4 Å². The lowest BCUT2D eigenvalue weighted by atomic mass is 9.79. The molecule has 1 aliphatic heterocycles. The van der Waals surface area contributed by atoms with E-state index in [-0.39, 0.29) is 18.1 Å². The first-order chi connectivity index (χ1) is 13.8. The van der Waals surface area contributed by atoms with Gasteiger partial charge in [0.25, 0.3) is 5.91 Å². The average molecular weight is 414 g/mol. The summed E-state index contributed by atoms with van der Waals surface area (Å²) in [6, 6.07) is 13.2. The SMILES string of the molecule is CCN1c2ccc(/C=N\NC(=O)COc3ccc(Cl)cc3)cc2C(C)CC1(C)C. The standard InChI is InChI=1S/C23H28ClN3O2/c1-5-27-21-11-6-17(12-20(21)16(2)13-23(27,3)4)14-25-26-22(28)15-29-19-9-7-18(24)8-10-19/h6-12,14,16H,5,13,15H2,1-4H3,(H,26,28)/b25-14-. The number of carbonyl (C=O) groups is 1. The molecule has 1 N–H and O–H groups in total. The van der Waals surface area contributed by atoms with Gasteiger partial charge in [-0.25, -0.2) is 5.43 Å². The van der Waals surface area contributed by atoms with Crippen LogP contribution in [0.1, 0.15) is 51.2 Å². The number of anilines is 1. The van der Waals surface area contributed by atoms with E-state index in [0.717, 1.165) is 18.5 Å².